The summed E-state index contributed by atoms with van der Waals surface area (Å²) >= 11 is 0. The average molecular weight is 649 g/mol. The van der Waals surface area contributed by atoms with Gasteiger partial charge in [0.15, 0.2) is 9.84 Å². The molecule has 4 bridgehead atoms. The Morgan fingerprint density at radius 1 is 1.00 bits per heavy atom. The summed E-state index contributed by atoms with van der Waals surface area (Å²) < 4.78 is 29.1. The Kier molecular flexibility index (Phi) is 8.40. The van der Waals surface area contributed by atoms with Crippen LogP contribution in [0.15, 0.2) is 47.5 Å². The van der Waals surface area contributed by atoms with Crippen LogP contribution in [-0.2, 0) is 27.1 Å². The van der Waals surface area contributed by atoms with E-state index in [1.165, 1.54) is 44.1 Å². The van der Waals surface area contributed by atoms with Crippen molar-refractivity contribution in [2.45, 2.75) is 113 Å². The number of carbonyl (C=O) groups is 2. The minimum Gasteiger partial charge on any atom is -0.346 e. The molecule has 4 atom stereocenters. The van der Waals surface area contributed by atoms with Crippen LogP contribution in [0, 0.1) is 23.7 Å². The maximum atomic E-state index is 13.9. The Bertz CT molecular complexity index is 1530. The summed E-state index contributed by atoms with van der Waals surface area (Å²) in [6.07, 6.45) is 13.0. The maximum absolute atomic E-state index is 13.9. The Labute approximate surface area is 275 Å². The smallest absolute Gasteiger partial charge is 0.268 e. The molecule has 6 fully saturated rings. The third kappa shape index (κ3) is 5.84. The van der Waals surface area contributed by atoms with Crippen molar-refractivity contribution in [1.82, 2.24) is 19.7 Å². The summed E-state index contributed by atoms with van der Waals surface area (Å²) in [5.41, 5.74) is 2.15. The molecule has 1 aromatic heterocycles. The van der Waals surface area contributed by atoms with Gasteiger partial charge in [-0.3, -0.25) is 9.59 Å². The molecule has 46 heavy (non-hydrogen) atoms. The number of rotatable bonds is 9. The van der Waals surface area contributed by atoms with Crippen molar-refractivity contribution < 1.29 is 18.0 Å². The molecule has 8 rings (SSSR count). The lowest BCUT2D eigenvalue weighted by atomic mass is 9.48. The topological polar surface area (TPSA) is 91.7 Å². The van der Waals surface area contributed by atoms with Crippen LogP contribution in [0.5, 0.6) is 0 Å². The van der Waals surface area contributed by atoms with E-state index in [0.717, 1.165) is 37.0 Å². The Hall–Kier alpha value is -2.65. The van der Waals surface area contributed by atoms with Gasteiger partial charge in [-0.2, -0.15) is 0 Å². The highest BCUT2D eigenvalue weighted by molar-refractivity contribution is 7.91. The fourth-order valence-electron chi connectivity index (χ4n) is 10.6. The molecule has 2 heterocycles. The van der Waals surface area contributed by atoms with Gasteiger partial charge in [0.1, 0.15) is 11.7 Å². The minimum atomic E-state index is -3.53. The van der Waals surface area contributed by atoms with E-state index in [9.17, 15) is 18.0 Å². The van der Waals surface area contributed by atoms with Crippen LogP contribution in [0.3, 0.4) is 0 Å². The summed E-state index contributed by atoms with van der Waals surface area (Å²) in [6.45, 7) is 4.86. The van der Waals surface area contributed by atoms with E-state index in [4.69, 9.17) is 0 Å². The number of nitrogens with one attached hydrogen (secondary N) is 1. The van der Waals surface area contributed by atoms with E-state index >= 15 is 0 Å². The number of aryl methyl sites for hydroxylation is 1. The first-order valence-electron chi connectivity index (χ1n) is 17.7. The molecule has 0 spiro atoms. The second kappa shape index (κ2) is 12.1. The molecule has 1 N–H and O–H groups in total. The summed E-state index contributed by atoms with van der Waals surface area (Å²) in [4.78, 5) is 32.2. The van der Waals surface area contributed by atoms with Crippen molar-refractivity contribution >= 4 is 21.7 Å². The SMILES string of the molecule is CC(C)N(C)[C@@H]1CC[C@H](N2CC[C@H](NC(=O)c3cc(C45CC6CC(CC(C6)C4)C5)cn3C)C2=O)[C@@H](CS(=O)(=O)c2ccccc2)C1. The summed E-state index contributed by atoms with van der Waals surface area (Å²) in [6, 6.07) is 10.6. The highest BCUT2D eigenvalue weighted by Crippen LogP contribution is 2.60. The predicted octanol–water partition coefficient (Wildman–Crippen LogP) is 5.18. The highest BCUT2D eigenvalue weighted by atomic mass is 32.2. The van der Waals surface area contributed by atoms with Gasteiger partial charge >= 0.3 is 0 Å². The molecule has 8 nitrogen and oxygen atoms in total. The van der Waals surface area contributed by atoms with Crippen LogP contribution in [0.1, 0.15) is 94.1 Å². The molecule has 1 aromatic carbocycles. The average Bonchev–Trinajstić information content (AvgIpc) is 3.59. The number of aromatic nitrogens is 1. The highest BCUT2D eigenvalue weighted by Gasteiger charge is 2.52. The predicted molar refractivity (Wildman–Crippen MR) is 179 cm³/mol. The van der Waals surface area contributed by atoms with Crippen LogP contribution >= 0.6 is 0 Å². The van der Waals surface area contributed by atoms with Gasteiger partial charge in [0.05, 0.1) is 10.6 Å². The molecule has 0 radical (unpaired) electrons. The monoisotopic (exact) mass is 648 g/mol. The first kappa shape index (κ1) is 31.9. The molecule has 250 valence electrons. The number of nitrogens with zero attached hydrogens (tertiary/aromatic N) is 3. The number of sulfone groups is 1. The minimum absolute atomic E-state index is 0.0152. The van der Waals surface area contributed by atoms with Crippen molar-refractivity contribution in [3.8, 4) is 0 Å². The van der Waals surface area contributed by atoms with Crippen LogP contribution < -0.4 is 5.32 Å². The van der Waals surface area contributed by atoms with Gasteiger partial charge in [-0.15, -0.1) is 0 Å². The van der Waals surface area contributed by atoms with Crippen LogP contribution in [0.25, 0.3) is 0 Å². The second-order valence-electron chi connectivity index (χ2n) is 15.9. The van der Waals surface area contributed by atoms with Crippen LogP contribution in [0.4, 0.5) is 0 Å². The van der Waals surface area contributed by atoms with E-state index in [2.05, 4.69) is 43.4 Å². The molecule has 1 aliphatic heterocycles. The summed E-state index contributed by atoms with van der Waals surface area (Å²) in [7, 11) is 0.539. The zero-order valence-electron chi connectivity index (χ0n) is 28.0. The van der Waals surface area contributed by atoms with Crippen molar-refractivity contribution in [3.63, 3.8) is 0 Å². The first-order chi connectivity index (χ1) is 21.9. The molecule has 6 aliphatic rings. The van der Waals surface area contributed by atoms with E-state index < -0.39 is 15.9 Å². The normalized spacial score (nSPS) is 34.2. The van der Waals surface area contributed by atoms with E-state index in [1.54, 1.807) is 24.3 Å². The summed E-state index contributed by atoms with van der Waals surface area (Å²) in [5.74, 6) is 2.06. The Balaban J connectivity index is 1.06. The lowest BCUT2D eigenvalue weighted by Gasteiger charge is -2.56. The fraction of sp³-hybridized carbons (Fsp3) is 0.676. The van der Waals surface area contributed by atoms with Gasteiger partial charge < -0.3 is 19.7 Å². The largest absolute Gasteiger partial charge is 0.346 e. The maximum Gasteiger partial charge on any atom is 0.268 e. The van der Waals surface area contributed by atoms with Crippen molar-refractivity contribution in [1.29, 1.82) is 0 Å². The van der Waals surface area contributed by atoms with E-state index in [-0.39, 0.29) is 41.0 Å². The van der Waals surface area contributed by atoms with E-state index in [1.807, 2.05) is 22.6 Å². The number of carbonyl (C=O) groups excluding carboxylic acids is 2. The second-order valence-corrected chi connectivity index (χ2v) is 18.0. The van der Waals surface area contributed by atoms with Gasteiger partial charge in [0.25, 0.3) is 5.91 Å². The number of amides is 2. The molecule has 2 aromatic rings. The number of likely N-dealkylation sites (tertiary alicyclic amines) is 1. The third-order valence-electron chi connectivity index (χ3n) is 12.7. The fourth-order valence-corrected chi connectivity index (χ4v) is 12.2. The summed E-state index contributed by atoms with van der Waals surface area (Å²) in [5, 5.41) is 3.10. The first-order valence-corrected chi connectivity index (χ1v) is 19.4. The van der Waals surface area contributed by atoms with Gasteiger partial charge in [-0.25, -0.2) is 8.42 Å². The zero-order chi connectivity index (χ0) is 32.4. The van der Waals surface area contributed by atoms with Crippen molar-refractivity contribution in [3.05, 3.63) is 53.9 Å². The molecule has 9 heteroatoms. The molecular formula is C37H52N4O4S. The molecule has 0 unspecified atom stereocenters. The van der Waals surface area contributed by atoms with Gasteiger partial charge in [0, 0.05) is 37.9 Å². The molecule has 5 saturated carbocycles. The third-order valence-corrected chi connectivity index (χ3v) is 14.5. The number of hydrogen-bond acceptors (Lipinski definition) is 5. The number of hydrogen-bond donors (Lipinski definition) is 1. The van der Waals surface area contributed by atoms with Gasteiger partial charge in [0.2, 0.25) is 5.91 Å². The van der Waals surface area contributed by atoms with E-state index in [0.29, 0.717) is 29.6 Å². The quantitative estimate of drug-likeness (QED) is 0.405. The molecule has 5 aliphatic carbocycles. The lowest BCUT2D eigenvalue weighted by molar-refractivity contribution is -0.133. The Morgan fingerprint density at radius 2 is 1.65 bits per heavy atom. The molecule has 2 amide bonds. The van der Waals surface area contributed by atoms with Gasteiger partial charge in [-0.1, -0.05) is 18.2 Å². The number of benzene rings is 1. The lowest BCUT2D eigenvalue weighted by Crippen LogP contribution is -2.53. The van der Waals surface area contributed by atoms with Crippen LogP contribution in [-0.4, -0.2) is 78.1 Å². The standard InChI is InChI=1S/C37H52N4O4S/c1-24(2)40(4)30-10-11-33(28(17-30)23-46(44,45)31-8-6-5-7-9-31)41-13-12-32(36(41)43)38-35(42)34-18-29(22-39(34)3)37-19-25-14-26(20-37)16-27(15-25)21-37/h5-9,18,22,24-28,30,32-33H,10-17,19-21,23H2,1-4H3,(H,38,42)/t25?,26?,27?,28-,30-,32+,33+,37?/m1/s1. The van der Waals surface area contributed by atoms with Crippen molar-refractivity contribution in [2.75, 3.05) is 19.3 Å². The van der Waals surface area contributed by atoms with Gasteiger partial charge in [-0.05, 0) is 138 Å². The van der Waals surface area contributed by atoms with Crippen LogP contribution in [0.2, 0.25) is 0 Å². The Morgan fingerprint density at radius 3 is 2.28 bits per heavy atom. The van der Waals surface area contributed by atoms with Crippen molar-refractivity contribution in [2.24, 2.45) is 30.7 Å². The molecular weight excluding hydrogens is 596 g/mol. The zero-order valence-corrected chi connectivity index (χ0v) is 28.8. The molecule has 1 saturated heterocycles.